The minimum Gasteiger partial charge on any atom is -0.494 e. The Morgan fingerprint density at radius 1 is 1.20 bits per heavy atom. The van der Waals surface area contributed by atoms with Gasteiger partial charge >= 0.3 is 0 Å². The van der Waals surface area contributed by atoms with Gasteiger partial charge in [0.1, 0.15) is 0 Å². The van der Waals surface area contributed by atoms with Gasteiger partial charge in [0.25, 0.3) is 0 Å². The first kappa shape index (κ1) is 14.9. The van der Waals surface area contributed by atoms with E-state index in [0.717, 1.165) is 11.1 Å². The first-order chi connectivity index (χ1) is 9.71. The van der Waals surface area contributed by atoms with Crippen LogP contribution in [0.2, 0.25) is 0 Å². The fraction of sp³-hybridized carbons (Fsp3) is 0.250. The summed E-state index contributed by atoms with van der Waals surface area (Å²) < 4.78 is 18.9. The van der Waals surface area contributed by atoms with Crippen molar-refractivity contribution in [3.8, 4) is 5.75 Å². The van der Waals surface area contributed by atoms with Crippen LogP contribution < -0.4 is 10.1 Å². The van der Waals surface area contributed by atoms with Crippen LogP contribution in [0.25, 0.3) is 0 Å². The molecule has 20 heavy (non-hydrogen) atoms. The van der Waals surface area contributed by atoms with Crippen molar-refractivity contribution in [3.05, 3.63) is 59.4 Å². The van der Waals surface area contributed by atoms with E-state index < -0.39 is 0 Å². The van der Waals surface area contributed by atoms with Gasteiger partial charge in [0.15, 0.2) is 11.6 Å². The number of thioether (sulfide) groups is 1. The molecule has 4 heteroatoms. The number of halogens is 1. The number of methoxy groups -OCH3 is 1. The third-order valence-corrected chi connectivity index (χ3v) is 4.06. The molecule has 0 saturated heterocycles. The van der Waals surface area contributed by atoms with Crippen molar-refractivity contribution in [1.82, 2.24) is 5.32 Å². The Balaban J connectivity index is 2.44. The van der Waals surface area contributed by atoms with Crippen LogP contribution in [-0.4, -0.2) is 20.4 Å². The van der Waals surface area contributed by atoms with Gasteiger partial charge in [0.05, 0.1) is 13.2 Å². The smallest absolute Gasteiger partial charge is 0.165 e. The minimum atomic E-state index is -0.341. The van der Waals surface area contributed by atoms with Gasteiger partial charge in [-0.3, -0.25) is 0 Å². The Morgan fingerprint density at radius 3 is 2.55 bits per heavy atom. The highest BCUT2D eigenvalue weighted by atomic mass is 32.2. The van der Waals surface area contributed by atoms with E-state index in [4.69, 9.17) is 4.74 Å². The van der Waals surface area contributed by atoms with E-state index in [9.17, 15) is 4.39 Å². The van der Waals surface area contributed by atoms with Gasteiger partial charge in [-0.1, -0.05) is 24.3 Å². The summed E-state index contributed by atoms with van der Waals surface area (Å²) in [7, 11) is 3.35. The monoisotopic (exact) mass is 291 g/mol. The van der Waals surface area contributed by atoms with Gasteiger partial charge in [-0.25, -0.2) is 4.39 Å². The number of benzene rings is 2. The zero-order chi connectivity index (χ0) is 14.5. The third-order valence-electron chi connectivity index (χ3n) is 3.25. The topological polar surface area (TPSA) is 21.3 Å². The molecule has 0 aliphatic rings. The van der Waals surface area contributed by atoms with Gasteiger partial charge in [0.2, 0.25) is 0 Å². The van der Waals surface area contributed by atoms with E-state index in [1.165, 1.54) is 18.1 Å². The first-order valence-electron chi connectivity index (χ1n) is 6.35. The lowest BCUT2D eigenvalue weighted by Crippen LogP contribution is -2.18. The van der Waals surface area contributed by atoms with E-state index >= 15 is 0 Å². The van der Waals surface area contributed by atoms with Crippen LogP contribution in [0.3, 0.4) is 0 Å². The summed E-state index contributed by atoms with van der Waals surface area (Å²) in [6.45, 7) is 0. The fourth-order valence-electron chi connectivity index (χ4n) is 2.27. The summed E-state index contributed by atoms with van der Waals surface area (Å²) in [5, 5.41) is 3.25. The van der Waals surface area contributed by atoms with Gasteiger partial charge in [-0.2, -0.15) is 0 Å². The van der Waals surface area contributed by atoms with Crippen LogP contribution in [0.5, 0.6) is 5.75 Å². The Bertz CT molecular complexity index is 588. The molecule has 0 fully saturated rings. The minimum absolute atomic E-state index is 0.0425. The number of ether oxygens (including phenoxy) is 1. The maximum atomic E-state index is 13.9. The molecule has 0 amide bonds. The molecule has 0 radical (unpaired) electrons. The second-order valence-electron chi connectivity index (χ2n) is 4.36. The normalized spacial score (nSPS) is 12.2. The maximum absolute atomic E-state index is 13.9. The van der Waals surface area contributed by atoms with Crippen molar-refractivity contribution in [3.63, 3.8) is 0 Å². The summed E-state index contributed by atoms with van der Waals surface area (Å²) in [4.78, 5) is 1.18. The van der Waals surface area contributed by atoms with E-state index in [1.54, 1.807) is 17.8 Å². The highest BCUT2D eigenvalue weighted by Gasteiger charge is 2.17. The molecular weight excluding hydrogens is 273 g/mol. The molecule has 0 heterocycles. The predicted molar refractivity (Wildman–Crippen MR) is 82.1 cm³/mol. The molecule has 106 valence electrons. The summed E-state index contributed by atoms with van der Waals surface area (Å²) in [5.41, 5.74) is 2.03. The molecule has 2 aromatic rings. The second-order valence-corrected chi connectivity index (χ2v) is 5.21. The van der Waals surface area contributed by atoms with E-state index in [-0.39, 0.29) is 17.6 Å². The molecule has 0 aromatic heterocycles. The molecule has 2 rings (SSSR count). The summed E-state index contributed by atoms with van der Waals surface area (Å²) in [6, 6.07) is 13.2. The lowest BCUT2D eigenvalue weighted by molar-refractivity contribution is 0.386. The molecule has 2 aromatic carbocycles. The molecule has 1 atom stereocenters. The van der Waals surface area contributed by atoms with E-state index in [2.05, 4.69) is 17.4 Å². The molecule has 0 bridgehead atoms. The number of rotatable bonds is 5. The summed E-state index contributed by atoms with van der Waals surface area (Å²) in [5.74, 6) is -0.0753. The molecule has 1 N–H and O–H groups in total. The van der Waals surface area contributed by atoms with Crippen LogP contribution in [-0.2, 0) is 0 Å². The highest BCUT2D eigenvalue weighted by Crippen LogP contribution is 2.31. The number of nitrogens with one attached hydrogen (secondary N) is 1. The zero-order valence-corrected chi connectivity index (χ0v) is 12.6. The van der Waals surface area contributed by atoms with Gasteiger partial charge in [-0.05, 0) is 42.6 Å². The zero-order valence-electron chi connectivity index (χ0n) is 11.8. The second kappa shape index (κ2) is 6.77. The van der Waals surface area contributed by atoms with Crippen molar-refractivity contribution < 1.29 is 9.13 Å². The summed E-state index contributed by atoms with van der Waals surface area (Å²) in [6.07, 6.45) is 2.04. The van der Waals surface area contributed by atoms with Gasteiger partial charge < -0.3 is 10.1 Å². The number of hydrogen-bond acceptors (Lipinski definition) is 3. The average molecular weight is 291 g/mol. The molecular formula is C16H18FNOS. The summed E-state index contributed by atoms with van der Waals surface area (Å²) >= 11 is 1.69. The lowest BCUT2D eigenvalue weighted by atomic mass is 9.98. The fourth-order valence-corrected chi connectivity index (χ4v) is 2.91. The van der Waals surface area contributed by atoms with E-state index in [1.807, 2.05) is 31.5 Å². The number of hydrogen-bond donors (Lipinski definition) is 1. The predicted octanol–water partition coefficient (Wildman–Crippen LogP) is 3.87. The molecule has 0 aliphatic carbocycles. The van der Waals surface area contributed by atoms with Crippen molar-refractivity contribution in [2.45, 2.75) is 10.9 Å². The van der Waals surface area contributed by atoms with E-state index in [0.29, 0.717) is 0 Å². The lowest BCUT2D eigenvalue weighted by Gasteiger charge is -2.20. The molecule has 0 aliphatic heterocycles. The molecule has 0 spiro atoms. The van der Waals surface area contributed by atoms with Crippen molar-refractivity contribution in [2.24, 2.45) is 0 Å². The Morgan fingerprint density at radius 2 is 1.95 bits per heavy atom. The molecule has 0 saturated carbocycles. The Hall–Kier alpha value is -1.52. The molecule has 1 unspecified atom stereocenters. The van der Waals surface area contributed by atoms with Crippen LogP contribution >= 0.6 is 11.8 Å². The quantitative estimate of drug-likeness (QED) is 0.845. The van der Waals surface area contributed by atoms with Crippen molar-refractivity contribution in [2.75, 3.05) is 20.4 Å². The maximum Gasteiger partial charge on any atom is 0.165 e. The third kappa shape index (κ3) is 2.97. The first-order valence-corrected chi connectivity index (χ1v) is 7.57. The standard InChI is InChI=1S/C16H18FNOS/c1-18-16(12-6-4-5-7-15(12)20-3)11-8-9-14(19-2)13(17)10-11/h4-10,16,18H,1-3H3. The van der Waals surface area contributed by atoms with Crippen LogP contribution in [0.4, 0.5) is 4.39 Å². The van der Waals surface area contributed by atoms with Gasteiger partial charge in [-0.15, -0.1) is 11.8 Å². The van der Waals surface area contributed by atoms with Crippen molar-refractivity contribution in [1.29, 1.82) is 0 Å². The molecule has 2 nitrogen and oxygen atoms in total. The largest absolute Gasteiger partial charge is 0.494 e. The SMILES string of the molecule is CNC(c1ccc(OC)c(F)c1)c1ccccc1SC. The van der Waals surface area contributed by atoms with Crippen LogP contribution in [0.15, 0.2) is 47.4 Å². The van der Waals surface area contributed by atoms with Crippen molar-refractivity contribution >= 4 is 11.8 Å². The Kier molecular flexibility index (Phi) is 5.04. The van der Waals surface area contributed by atoms with Gasteiger partial charge in [0, 0.05) is 4.90 Å². The average Bonchev–Trinajstić information content (AvgIpc) is 2.49. The van der Waals surface area contributed by atoms with Crippen LogP contribution in [0, 0.1) is 5.82 Å². The van der Waals surface area contributed by atoms with Crippen LogP contribution in [0.1, 0.15) is 17.2 Å². The Labute approximate surface area is 123 Å². The highest BCUT2D eigenvalue weighted by molar-refractivity contribution is 7.98.